The predicted molar refractivity (Wildman–Crippen MR) is 62.6 cm³/mol. The first-order valence-electron chi connectivity index (χ1n) is 5.18. The number of benzene rings is 1. The molecule has 86 valence electrons. The molecule has 0 radical (unpaired) electrons. The van der Waals surface area contributed by atoms with Crippen LogP contribution in [0.25, 0.3) is 16.9 Å². The smallest absolute Gasteiger partial charge is 0.183 e. The molecule has 0 saturated carbocycles. The summed E-state index contributed by atoms with van der Waals surface area (Å²) in [5, 5.41) is 26.1. The zero-order chi connectivity index (χ0) is 12.5. The minimum Gasteiger partial charge on any atom is -0.508 e. The van der Waals surface area contributed by atoms with Crippen LogP contribution < -0.4 is 0 Å². The normalized spacial score (nSPS) is 10.4. The zero-order valence-electron chi connectivity index (χ0n) is 9.15. The summed E-state index contributed by atoms with van der Waals surface area (Å²) in [6.07, 6.45) is 3.02. The lowest BCUT2D eigenvalue weighted by atomic mass is 10.1. The molecule has 0 aliphatic heterocycles. The van der Waals surface area contributed by atoms with Gasteiger partial charge in [-0.3, -0.25) is 0 Å². The SMILES string of the molecule is N#Cc1cnc2c(-c3cccc(O)c3)nnn2c1. The number of hydrogen-bond donors (Lipinski definition) is 1. The summed E-state index contributed by atoms with van der Waals surface area (Å²) in [4.78, 5) is 4.15. The molecule has 1 N–H and O–H groups in total. The molecule has 0 fully saturated rings. The number of nitriles is 1. The third-order valence-electron chi connectivity index (χ3n) is 2.51. The number of rotatable bonds is 1. The molecule has 3 rings (SSSR count). The highest BCUT2D eigenvalue weighted by Crippen LogP contribution is 2.23. The summed E-state index contributed by atoms with van der Waals surface area (Å²) < 4.78 is 1.44. The summed E-state index contributed by atoms with van der Waals surface area (Å²) in [7, 11) is 0. The monoisotopic (exact) mass is 237 g/mol. The molecule has 0 amide bonds. The summed E-state index contributed by atoms with van der Waals surface area (Å²) in [5.41, 5.74) is 2.24. The molecule has 3 aromatic rings. The van der Waals surface area contributed by atoms with Crippen LogP contribution >= 0.6 is 0 Å². The lowest BCUT2D eigenvalue weighted by Gasteiger charge is -1.98. The van der Waals surface area contributed by atoms with Crippen molar-refractivity contribution in [2.75, 3.05) is 0 Å². The molecular formula is C12H7N5O. The number of phenolic OH excluding ortho intramolecular Hbond substituents is 1. The second kappa shape index (κ2) is 3.82. The highest BCUT2D eigenvalue weighted by molar-refractivity contribution is 5.73. The van der Waals surface area contributed by atoms with Gasteiger partial charge in [-0.1, -0.05) is 17.3 Å². The maximum atomic E-state index is 9.45. The molecule has 2 heterocycles. The van der Waals surface area contributed by atoms with Gasteiger partial charge in [0.25, 0.3) is 0 Å². The van der Waals surface area contributed by atoms with Gasteiger partial charge in [-0.15, -0.1) is 5.10 Å². The molecule has 0 bridgehead atoms. The van der Waals surface area contributed by atoms with E-state index in [-0.39, 0.29) is 5.75 Å². The van der Waals surface area contributed by atoms with Gasteiger partial charge in [0.05, 0.1) is 11.8 Å². The van der Waals surface area contributed by atoms with E-state index in [1.165, 1.54) is 10.7 Å². The van der Waals surface area contributed by atoms with Crippen LogP contribution in [0.2, 0.25) is 0 Å². The maximum absolute atomic E-state index is 9.45. The Morgan fingerprint density at radius 3 is 3.00 bits per heavy atom. The van der Waals surface area contributed by atoms with Crippen molar-refractivity contribution in [3.8, 4) is 23.1 Å². The van der Waals surface area contributed by atoms with Gasteiger partial charge in [0, 0.05) is 11.8 Å². The van der Waals surface area contributed by atoms with Crippen LogP contribution in [0, 0.1) is 11.3 Å². The van der Waals surface area contributed by atoms with Gasteiger partial charge >= 0.3 is 0 Å². The molecule has 1 aromatic carbocycles. The quantitative estimate of drug-likeness (QED) is 0.690. The second-order valence-electron chi connectivity index (χ2n) is 3.71. The van der Waals surface area contributed by atoms with Gasteiger partial charge in [0.15, 0.2) is 5.65 Å². The van der Waals surface area contributed by atoms with E-state index in [1.807, 2.05) is 12.1 Å². The standard InChI is InChI=1S/C12H7N5O/c13-5-8-6-14-12-11(15-16-17(12)7-8)9-2-1-3-10(18)4-9/h1-4,6-7,18H. The van der Waals surface area contributed by atoms with E-state index >= 15 is 0 Å². The third-order valence-corrected chi connectivity index (χ3v) is 2.51. The van der Waals surface area contributed by atoms with Crippen molar-refractivity contribution in [1.29, 1.82) is 5.26 Å². The summed E-state index contributed by atoms with van der Waals surface area (Å²) in [5.74, 6) is 0.155. The predicted octanol–water partition coefficient (Wildman–Crippen LogP) is 1.37. The average molecular weight is 237 g/mol. The van der Waals surface area contributed by atoms with Gasteiger partial charge in [0.2, 0.25) is 0 Å². The van der Waals surface area contributed by atoms with Crippen LogP contribution in [0.3, 0.4) is 0 Å². The lowest BCUT2D eigenvalue weighted by Crippen LogP contribution is -1.91. The molecule has 2 aromatic heterocycles. The first-order valence-corrected chi connectivity index (χ1v) is 5.18. The molecule has 18 heavy (non-hydrogen) atoms. The van der Waals surface area contributed by atoms with Crippen LogP contribution in [0.15, 0.2) is 36.7 Å². The summed E-state index contributed by atoms with van der Waals surface area (Å²) in [6.45, 7) is 0. The molecule has 0 atom stereocenters. The molecule has 0 spiro atoms. The Balaban J connectivity index is 2.22. The van der Waals surface area contributed by atoms with Crippen molar-refractivity contribution in [3.05, 3.63) is 42.2 Å². The number of hydrogen-bond acceptors (Lipinski definition) is 5. The second-order valence-corrected chi connectivity index (χ2v) is 3.71. The fraction of sp³-hybridized carbons (Fsp3) is 0. The van der Waals surface area contributed by atoms with Crippen LogP contribution in [0.5, 0.6) is 5.75 Å². The van der Waals surface area contributed by atoms with Crippen molar-refractivity contribution in [2.45, 2.75) is 0 Å². The highest BCUT2D eigenvalue weighted by atomic mass is 16.3. The Morgan fingerprint density at radius 1 is 1.33 bits per heavy atom. The van der Waals surface area contributed by atoms with E-state index in [0.29, 0.717) is 16.9 Å². The molecule has 0 unspecified atom stereocenters. The minimum atomic E-state index is 0.155. The van der Waals surface area contributed by atoms with Gasteiger partial charge in [-0.05, 0) is 12.1 Å². The van der Waals surface area contributed by atoms with Crippen molar-refractivity contribution in [3.63, 3.8) is 0 Å². The number of nitrogens with zero attached hydrogens (tertiary/aromatic N) is 5. The lowest BCUT2D eigenvalue weighted by molar-refractivity contribution is 0.475. The molecule has 0 aliphatic carbocycles. The first-order chi connectivity index (χ1) is 8.78. The molecule has 0 saturated heterocycles. The number of aromatic hydroxyl groups is 1. The van der Waals surface area contributed by atoms with E-state index in [0.717, 1.165) is 5.56 Å². The zero-order valence-corrected chi connectivity index (χ0v) is 9.15. The first kappa shape index (κ1) is 10.2. The van der Waals surface area contributed by atoms with Crippen molar-refractivity contribution in [1.82, 2.24) is 19.8 Å². The minimum absolute atomic E-state index is 0.155. The van der Waals surface area contributed by atoms with Crippen LogP contribution in [0.1, 0.15) is 5.56 Å². The van der Waals surface area contributed by atoms with E-state index in [2.05, 4.69) is 15.3 Å². The van der Waals surface area contributed by atoms with E-state index < -0.39 is 0 Å². The maximum Gasteiger partial charge on any atom is 0.183 e. The van der Waals surface area contributed by atoms with Gasteiger partial charge < -0.3 is 5.11 Å². The molecule has 6 heteroatoms. The van der Waals surface area contributed by atoms with Gasteiger partial charge in [0.1, 0.15) is 17.5 Å². The highest BCUT2D eigenvalue weighted by Gasteiger charge is 2.10. The Bertz CT molecular complexity index is 771. The average Bonchev–Trinajstić information content (AvgIpc) is 2.81. The van der Waals surface area contributed by atoms with Gasteiger partial charge in [-0.2, -0.15) is 5.26 Å². The molecular weight excluding hydrogens is 230 g/mol. The van der Waals surface area contributed by atoms with Crippen LogP contribution in [-0.4, -0.2) is 24.9 Å². The van der Waals surface area contributed by atoms with Crippen molar-refractivity contribution in [2.24, 2.45) is 0 Å². The fourth-order valence-corrected chi connectivity index (χ4v) is 1.69. The van der Waals surface area contributed by atoms with Gasteiger partial charge in [-0.25, -0.2) is 9.50 Å². The Morgan fingerprint density at radius 2 is 2.22 bits per heavy atom. The van der Waals surface area contributed by atoms with Crippen molar-refractivity contribution >= 4 is 5.65 Å². The molecule has 0 aliphatic rings. The van der Waals surface area contributed by atoms with E-state index in [4.69, 9.17) is 5.26 Å². The van der Waals surface area contributed by atoms with Crippen LogP contribution in [0.4, 0.5) is 0 Å². The Hall–Kier alpha value is -2.94. The number of aromatic nitrogens is 4. The fourth-order valence-electron chi connectivity index (χ4n) is 1.69. The Kier molecular flexibility index (Phi) is 2.17. The summed E-state index contributed by atoms with van der Waals surface area (Å²) in [6, 6.07) is 8.68. The topological polar surface area (TPSA) is 87.1 Å². The largest absolute Gasteiger partial charge is 0.508 e. The molecule has 6 nitrogen and oxygen atoms in total. The third kappa shape index (κ3) is 1.55. The van der Waals surface area contributed by atoms with E-state index in [9.17, 15) is 5.11 Å². The van der Waals surface area contributed by atoms with E-state index in [1.54, 1.807) is 24.4 Å². The number of fused-ring (bicyclic) bond motifs is 1. The number of phenols is 1. The Labute approximate surface area is 102 Å². The summed E-state index contributed by atoms with van der Waals surface area (Å²) >= 11 is 0. The van der Waals surface area contributed by atoms with Crippen LogP contribution in [-0.2, 0) is 0 Å². The van der Waals surface area contributed by atoms with Crippen molar-refractivity contribution < 1.29 is 5.11 Å².